The molecule has 4 heteroatoms. The van der Waals surface area contributed by atoms with Gasteiger partial charge in [-0.3, -0.25) is 4.79 Å². The number of amides is 1. The van der Waals surface area contributed by atoms with Crippen LogP contribution in [0.2, 0.25) is 0 Å². The fourth-order valence-corrected chi connectivity index (χ4v) is 2.69. The van der Waals surface area contributed by atoms with Crippen molar-refractivity contribution in [2.45, 2.75) is 19.3 Å². The largest absolute Gasteiger partial charge is 0.497 e. The zero-order chi connectivity index (χ0) is 15.4. The molecule has 0 aliphatic heterocycles. The summed E-state index contributed by atoms with van der Waals surface area (Å²) in [7, 11) is 1.60. The van der Waals surface area contributed by atoms with Gasteiger partial charge in [0.1, 0.15) is 11.5 Å². The Morgan fingerprint density at radius 1 is 1.09 bits per heavy atom. The summed E-state index contributed by atoms with van der Waals surface area (Å²) in [6.45, 7) is -0.0236. The zero-order valence-electron chi connectivity index (χ0n) is 12.6. The van der Waals surface area contributed by atoms with Gasteiger partial charge in [0, 0.05) is 11.8 Å². The molecule has 114 valence electrons. The number of fused-ring (bicyclic) bond motifs is 1. The number of rotatable bonds is 5. The molecule has 0 radical (unpaired) electrons. The fourth-order valence-electron chi connectivity index (χ4n) is 2.69. The number of carbonyl (C=O) groups excluding carboxylic acids is 1. The molecule has 0 bridgehead atoms. The average molecular weight is 297 g/mol. The van der Waals surface area contributed by atoms with E-state index in [1.165, 1.54) is 17.5 Å². The Balaban J connectivity index is 1.56. The van der Waals surface area contributed by atoms with Gasteiger partial charge >= 0.3 is 0 Å². The summed E-state index contributed by atoms with van der Waals surface area (Å²) in [5.41, 5.74) is 3.57. The number of aryl methyl sites for hydroxylation is 2. The van der Waals surface area contributed by atoms with Gasteiger partial charge < -0.3 is 14.8 Å². The Morgan fingerprint density at radius 2 is 1.91 bits per heavy atom. The minimum absolute atomic E-state index is 0.0236. The molecule has 1 aliphatic rings. The number of ether oxygens (including phenoxy) is 2. The number of nitrogens with one attached hydrogen (secondary N) is 1. The molecule has 0 heterocycles. The summed E-state index contributed by atoms with van der Waals surface area (Å²) < 4.78 is 10.6. The van der Waals surface area contributed by atoms with Gasteiger partial charge in [0.05, 0.1) is 7.11 Å². The molecule has 1 amide bonds. The molecule has 2 aromatic rings. The summed E-state index contributed by atoms with van der Waals surface area (Å²) in [4.78, 5) is 12.0. The zero-order valence-corrected chi connectivity index (χ0v) is 12.6. The highest BCUT2D eigenvalue weighted by Gasteiger charge is 2.12. The van der Waals surface area contributed by atoms with Crippen molar-refractivity contribution in [1.82, 2.24) is 0 Å². The maximum absolute atomic E-state index is 12.0. The Kier molecular flexibility index (Phi) is 4.28. The highest BCUT2D eigenvalue weighted by Crippen LogP contribution is 2.25. The van der Waals surface area contributed by atoms with Crippen LogP contribution in [0.4, 0.5) is 5.69 Å². The van der Waals surface area contributed by atoms with Crippen LogP contribution in [0.5, 0.6) is 11.5 Å². The van der Waals surface area contributed by atoms with Gasteiger partial charge in [0.2, 0.25) is 0 Å². The summed E-state index contributed by atoms with van der Waals surface area (Å²) in [6, 6.07) is 13.3. The number of hydrogen-bond acceptors (Lipinski definition) is 3. The summed E-state index contributed by atoms with van der Waals surface area (Å²) >= 11 is 0. The Bertz CT molecular complexity index is 682. The van der Waals surface area contributed by atoms with Crippen molar-refractivity contribution in [3.05, 3.63) is 53.6 Å². The van der Waals surface area contributed by atoms with Gasteiger partial charge in [-0.2, -0.15) is 0 Å². The normalized spacial score (nSPS) is 12.6. The van der Waals surface area contributed by atoms with E-state index in [0.717, 1.165) is 18.5 Å². The highest BCUT2D eigenvalue weighted by atomic mass is 16.5. The van der Waals surface area contributed by atoms with E-state index in [2.05, 4.69) is 17.4 Å². The Labute approximate surface area is 130 Å². The first-order valence-electron chi connectivity index (χ1n) is 7.43. The summed E-state index contributed by atoms with van der Waals surface area (Å²) in [5, 5.41) is 2.88. The predicted molar refractivity (Wildman–Crippen MR) is 85.6 cm³/mol. The monoisotopic (exact) mass is 297 g/mol. The number of carbonyl (C=O) groups is 1. The molecular formula is C18H19NO3. The molecule has 0 saturated carbocycles. The van der Waals surface area contributed by atoms with Crippen molar-refractivity contribution >= 4 is 11.6 Å². The van der Waals surface area contributed by atoms with Crippen LogP contribution >= 0.6 is 0 Å². The van der Waals surface area contributed by atoms with Crippen LogP contribution in [0.3, 0.4) is 0 Å². The van der Waals surface area contributed by atoms with E-state index < -0.39 is 0 Å². The first-order valence-corrected chi connectivity index (χ1v) is 7.43. The maximum atomic E-state index is 12.0. The summed E-state index contributed by atoms with van der Waals surface area (Å²) in [6.07, 6.45) is 3.44. The van der Waals surface area contributed by atoms with E-state index in [0.29, 0.717) is 11.5 Å². The minimum atomic E-state index is -0.166. The van der Waals surface area contributed by atoms with Gasteiger partial charge in [-0.05, 0) is 54.7 Å². The molecule has 0 aromatic heterocycles. The molecule has 22 heavy (non-hydrogen) atoms. The van der Waals surface area contributed by atoms with E-state index in [9.17, 15) is 4.79 Å². The smallest absolute Gasteiger partial charge is 0.262 e. The van der Waals surface area contributed by atoms with E-state index in [1.54, 1.807) is 19.2 Å². The predicted octanol–water partition coefficient (Wildman–Crippen LogP) is 3.20. The average Bonchev–Trinajstić information content (AvgIpc) is 3.01. The van der Waals surface area contributed by atoms with Crippen LogP contribution in [-0.2, 0) is 17.6 Å². The van der Waals surface area contributed by atoms with Crippen molar-refractivity contribution in [2.24, 2.45) is 0 Å². The molecule has 4 nitrogen and oxygen atoms in total. The maximum Gasteiger partial charge on any atom is 0.262 e. The van der Waals surface area contributed by atoms with Crippen LogP contribution in [0.1, 0.15) is 17.5 Å². The molecule has 0 spiro atoms. The Morgan fingerprint density at radius 3 is 2.77 bits per heavy atom. The number of benzene rings is 2. The third-order valence-electron chi connectivity index (χ3n) is 3.79. The highest BCUT2D eigenvalue weighted by molar-refractivity contribution is 5.92. The molecule has 0 saturated heterocycles. The molecule has 0 unspecified atom stereocenters. The van der Waals surface area contributed by atoms with E-state index in [4.69, 9.17) is 9.47 Å². The lowest BCUT2D eigenvalue weighted by Crippen LogP contribution is -2.20. The van der Waals surface area contributed by atoms with Crippen LogP contribution < -0.4 is 14.8 Å². The Hall–Kier alpha value is -2.49. The van der Waals surface area contributed by atoms with Gasteiger partial charge in [0.25, 0.3) is 5.91 Å². The lowest BCUT2D eigenvalue weighted by Gasteiger charge is -2.09. The van der Waals surface area contributed by atoms with Gasteiger partial charge in [0.15, 0.2) is 6.61 Å². The first kappa shape index (κ1) is 14.4. The second kappa shape index (κ2) is 6.52. The van der Waals surface area contributed by atoms with Crippen molar-refractivity contribution in [2.75, 3.05) is 19.0 Å². The quantitative estimate of drug-likeness (QED) is 0.922. The standard InChI is InChI=1S/C18H19NO3/c1-21-16-6-3-7-17(11-16)22-12-18(20)19-15-9-8-13-4-2-5-14(13)10-15/h3,6-11H,2,4-5,12H2,1H3,(H,19,20). The molecular weight excluding hydrogens is 278 g/mol. The first-order chi connectivity index (χ1) is 10.7. The van der Waals surface area contributed by atoms with E-state index in [-0.39, 0.29) is 12.5 Å². The van der Waals surface area contributed by atoms with E-state index >= 15 is 0 Å². The van der Waals surface area contributed by atoms with Crippen LogP contribution in [-0.4, -0.2) is 19.6 Å². The van der Waals surface area contributed by atoms with Crippen molar-refractivity contribution in [3.8, 4) is 11.5 Å². The molecule has 0 fully saturated rings. The minimum Gasteiger partial charge on any atom is -0.497 e. The van der Waals surface area contributed by atoms with Crippen molar-refractivity contribution in [3.63, 3.8) is 0 Å². The van der Waals surface area contributed by atoms with Gasteiger partial charge in [-0.25, -0.2) is 0 Å². The number of hydrogen-bond donors (Lipinski definition) is 1. The second-order valence-electron chi connectivity index (χ2n) is 5.35. The molecule has 0 atom stereocenters. The molecule has 3 rings (SSSR count). The number of methoxy groups -OCH3 is 1. The second-order valence-corrected chi connectivity index (χ2v) is 5.35. The van der Waals surface area contributed by atoms with Crippen LogP contribution in [0.25, 0.3) is 0 Å². The lowest BCUT2D eigenvalue weighted by molar-refractivity contribution is -0.118. The SMILES string of the molecule is COc1cccc(OCC(=O)Nc2ccc3c(c2)CCC3)c1. The van der Waals surface area contributed by atoms with Crippen molar-refractivity contribution in [1.29, 1.82) is 0 Å². The lowest BCUT2D eigenvalue weighted by atomic mass is 10.1. The molecule has 2 aromatic carbocycles. The van der Waals surface area contributed by atoms with E-state index in [1.807, 2.05) is 18.2 Å². The third kappa shape index (κ3) is 3.39. The molecule has 1 aliphatic carbocycles. The van der Waals surface area contributed by atoms with Crippen LogP contribution in [0.15, 0.2) is 42.5 Å². The topological polar surface area (TPSA) is 47.6 Å². The van der Waals surface area contributed by atoms with Crippen molar-refractivity contribution < 1.29 is 14.3 Å². The van der Waals surface area contributed by atoms with Crippen LogP contribution in [0, 0.1) is 0 Å². The van der Waals surface area contributed by atoms with Gasteiger partial charge in [-0.1, -0.05) is 12.1 Å². The summed E-state index contributed by atoms with van der Waals surface area (Å²) in [5.74, 6) is 1.15. The van der Waals surface area contributed by atoms with Gasteiger partial charge in [-0.15, -0.1) is 0 Å². The number of anilines is 1. The molecule has 1 N–H and O–H groups in total. The third-order valence-corrected chi connectivity index (χ3v) is 3.79. The fraction of sp³-hybridized carbons (Fsp3) is 0.278.